The summed E-state index contributed by atoms with van der Waals surface area (Å²) in [6, 6.07) is 0. The molecule has 1 saturated heterocycles. The van der Waals surface area contributed by atoms with Crippen molar-refractivity contribution < 1.29 is 9.90 Å². The van der Waals surface area contributed by atoms with Gasteiger partial charge in [0.15, 0.2) is 0 Å². The largest absolute Gasteiger partial charge is 0.465 e. The van der Waals surface area contributed by atoms with E-state index in [1.807, 2.05) is 6.08 Å². The molecule has 1 fully saturated rings. The number of allylic oxidation sites excluding steroid dienone is 1. The summed E-state index contributed by atoms with van der Waals surface area (Å²) in [7, 11) is -1.28. The Hall–Kier alpha value is -1.21. The molecule has 0 aliphatic carbocycles. The van der Waals surface area contributed by atoms with Crippen molar-refractivity contribution in [3.8, 4) is 11.5 Å². The fraction of sp³-hybridized carbons (Fsp3) is 0.583. The zero-order valence-electron chi connectivity index (χ0n) is 10.2. The zero-order chi connectivity index (χ0) is 12.2. The van der Waals surface area contributed by atoms with E-state index in [9.17, 15) is 4.79 Å². The van der Waals surface area contributed by atoms with Crippen LogP contribution in [0, 0.1) is 11.5 Å². The molecule has 0 aromatic carbocycles. The Morgan fingerprint density at radius 1 is 1.38 bits per heavy atom. The number of amides is 1. The summed E-state index contributed by atoms with van der Waals surface area (Å²) in [6.07, 6.45) is 2.82. The van der Waals surface area contributed by atoms with Crippen LogP contribution in [0.2, 0.25) is 19.6 Å². The first-order valence-electron chi connectivity index (χ1n) is 5.57. The maximum atomic E-state index is 10.7. The van der Waals surface area contributed by atoms with Crippen molar-refractivity contribution in [2.24, 2.45) is 0 Å². The Bertz CT molecular complexity index is 347. The third-order valence-corrected chi connectivity index (χ3v) is 3.29. The van der Waals surface area contributed by atoms with Gasteiger partial charge in [-0.3, -0.25) is 0 Å². The number of carbonyl (C=O) groups is 1. The topological polar surface area (TPSA) is 40.5 Å². The van der Waals surface area contributed by atoms with Gasteiger partial charge in [0.25, 0.3) is 0 Å². The number of hydrogen-bond donors (Lipinski definition) is 1. The second kappa shape index (κ2) is 5.22. The smallest absolute Gasteiger partial charge is 0.407 e. The summed E-state index contributed by atoms with van der Waals surface area (Å²) in [5.41, 5.74) is 4.57. The summed E-state index contributed by atoms with van der Waals surface area (Å²) in [4.78, 5) is 12.2. The summed E-state index contributed by atoms with van der Waals surface area (Å²) in [5, 5.41) is 8.79. The van der Waals surface area contributed by atoms with E-state index >= 15 is 0 Å². The van der Waals surface area contributed by atoms with Gasteiger partial charge >= 0.3 is 6.09 Å². The van der Waals surface area contributed by atoms with Gasteiger partial charge in [-0.05, 0) is 18.9 Å². The molecule has 16 heavy (non-hydrogen) atoms. The average Bonchev–Trinajstić information content (AvgIpc) is 2.16. The number of likely N-dealkylation sites (tertiary alicyclic amines) is 1. The van der Waals surface area contributed by atoms with Crippen molar-refractivity contribution in [2.75, 3.05) is 13.1 Å². The number of nitrogens with zero attached hydrogens (tertiary/aromatic N) is 1. The van der Waals surface area contributed by atoms with Crippen molar-refractivity contribution in [3.05, 3.63) is 11.6 Å². The maximum Gasteiger partial charge on any atom is 0.407 e. The van der Waals surface area contributed by atoms with E-state index in [1.165, 1.54) is 10.5 Å². The van der Waals surface area contributed by atoms with E-state index in [0.717, 1.165) is 12.8 Å². The third kappa shape index (κ3) is 4.54. The fourth-order valence-electron chi connectivity index (χ4n) is 1.48. The molecular weight excluding hydrogens is 218 g/mol. The van der Waals surface area contributed by atoms with Crippen molar-refractivity contribution in [1.82, 2.24) is 4.90 Å². The predicted octanol–water partition coefficient (Wildman–Crippen LogP) is 2.57. The molecule has 1 rings (SSSR count). The van der Waals surface area contributed by atoms with Gasteiger partial charge in [-0.2, -0.15) is 0 Å². The zero-order valence-corrected chi connectivity index (χ0v) is 11.2. The van der Waals surface area contributed by atoms with E-state index in [-0.39, 0.29) is 0 Å². The van der Waals surface area contributed by atoms with Gasteiger partial charge in [0.1, 0.15) is 8.07 Å². The van der Waals surface area contributed by atoms with E-state index < -0.39 is 14.2 Å². The molecule has 0 unspecified atom stereocenters. The highest BCUT2D eigenvalue weighted by atomic mass is 28.3. The lowest BCUT2D eigenvalue weighted by atomic mass is 10.0. The highest BCUT2D eigenvalue weighted by Crippen LogP contribution is 2.15. The normalized spacial score (nSPS) is 16.4. The Balaban J connectivity index is 2.50. The minimum absolute atomic E-state index is 0.607. The minimum Gasteiger partial charge on any atom is -0.465 e. The van der Waals surface area contributed by atoms with Crippen LogP contribution in [0.25, 0.3) is 0 Å². The Morgan fingerprint density at radius 2 is 1.94 bits per heavy atom. The molecule has 0 aromatic rings. The minimum atomic E-state index is -1.28. The highest BCUT2D eigenvalue weighted by molar-refractivity contribution is 6.83. The number of carboxylic acid groups (broad SMARTS) is 1. The summed E-state index contributed by atoms with van der Waals surface area (Å²) >= 11 is 0. The molecule has 0 aromatic heterocycles. The number of rotatable bonds is 0. The Labute approximate surface area is 98.2 Å². The molecule has 1 aliphatic rings. The molecule has 4 heteroatoms. The lowest BCUT2D eigenvalue weighted by molar-refractivity contribution is 0.141. The molecule has 0 radical (unpaired) electrons. The van der Waals surface area contributed by atoms with Crippen LogP contribution in [0.4, 0.5) is 4.79 Å². The lowest BCUT2D eigenvalue weighted by Crippen LogP contribution is -2.35. The highest BCUT2D eigenvalue weighted by Gasteiger charge is 2.17. The van der Waals surface area contributed by atoms with Gasteiger partial charge in [-0.25, -0.2) is 4.79 Å². The summed E-state index contributed by atoms with van der Waals surface area (Å²) in [5.74, 6) is 3.12. The first-order valence-corrected chi connectivity index (χ1v) is 9.07. The third-order valence-electron chi connectivity index (χ3n) is 2.40. The number of piperidine rings is 1. The average molecular weight is 237 g/mol. The standard InChI is InChI=1S/C12H19NO2Si/c1-16(2,3)10-4-5-11-6-8-13(9-7-11)12(14)15/h5H,6-9H2,1-3H3,(H,14,15). The van der Waals surface area contributed by atoms with Gasteiger partial charge < -0.3 is 10.0 Å². The summed E-state index contributed by atoms with van der Waals surface area (Å²) < 4.78 is 0. The molecule has 1 amide bonds. The van der Waals surface area contributed by atoms with Gasteiger partial charge in [0.2, 0.25) is 0 Å². The molecule has 88 valence electrons. The van der Waals surface area contributed by atoms with E-state index in [2.05, 4.69) is 31.1 Å². The van der Waals surface area contributed by atoms with Crippen LogP contribution in [-0.2, 0) is 0 Å². The SMILES string of the molecule is C[Si](C)(C)C#CC=C1CCN(C(=O)O)CC1. The first-order chi connectivity index (χ1) is 7.38. The van der Waals surface area contributed by atoms with Crippen molar-refractivity contribution in [1.29, 1.82) is 0 Å². The van der Waals surface area contributed by atoms with Gasteiger partial charge in [0.05, 0.1) is 0 Å². The second-order valence-corrected chi connectivity index (χ2v) is 9.84. The van der Waals surface area contributed by atoms with Crippen LogP contribution >= 0.6 is 0 Å². The first kappa shape index (κ1) is 12.9. The Morgan fingerprint density at radius 3 is 2.38 bits per heavy atom. The molecule has 1 N–H and O–H groups in total. The molecule has 0 saturated carbocycles. The molecule has 0 spiro atoms. The molecule has 0 atom stereocenters. The monoisotopic (exact) mass is 237 g/mol. The van der Waals surface area contributed by atoms with Crippen LogP contribution in [0.3, 0.4) is 0 Å². The van der Waals surface area contributed by atoms with Crippen LogP contribution < -0.4 is 0 Å². The van der Waals surface area contributed by atoms with Crippen molar-refractivity contribution in [2.45, 2.75) is 32.5 Å². The van der Waals surface area contributed by atoms with Gasteiger partial charge in [-0.15, -0.1) is 5.54 Å². The van der Waals surface area contributed by atoms with Crippen LogP contribution in [0.1, 0.15) is 12.8 Å². The molecule has 0 bridgehead atoms. The number of hydrogen-bond acceptors (Lipinski definition) is 1. The van der Waals surface area contributed by atoms with Crippen LogP contribution in [0.5, 0.6) is 0 Å². The fourth-order valence-corrected chi connectivity index (χ4v) is 1.99. The van der Waals surface area contributed by atoms with E-state index in [0.29, 0.717) is 13.1 Å². The van der Waals surface area contributed by atoms with Gasteiger partial charge in [-0.1, -0.05) is 31.1 Å². The second-order valence-electron chi connectivity index (χ2n) is 5.09. The van der Waals surface area contributed by atoms with Crippen molar-refractivity contribution in [3.63, 3.8) is 0 Å². The molecule has 3 nitrogen and oxygen atoms in total. The molecular formula is C12H19NO2Si. The van der Waals surface area contributed by atoms with Crippen LogP contribution in [-0.4, -0.2) is 37.3 Å². The lowest BCUT2D eigenvalue weighted by Gasteiger charge is -2.25. The predicted molar refractivity (Wildman–Crippen MR) is 68.0 cm³/mol. The quantitative estimate of drug-likeness (QED) is 0.519. The summed E-state index contributed by atoms with van der Waals surface area (Å²) in [6.45, 7) is 7.86. The van der Waals surface area contributed by atoms with Crippen molar-refractivity contribution >= 4 is 14.2 Å². The maximum absolute atomic E-state index is 10.7. The van der Waals surface area contributed by atoms with E-state index in [4.69, 9.17) is 5.11 Å². The Kier molecular flexibility index (Phi) is 4.19. The van der Waals surface area contributed by atoms with Gasteiger partial charge in [0, 0.05) is 13.1 Å². The van der Waals surface area contributed by atoms with E-state index in [1.54, 1.807) is 0 Å². The molecule has 1 aliphatic heterocycles. The van der Waals surface area contributed by atoms with Crippen LogP contribution in [0.15, 0.2) is 11.6 Å². The molecule has 1 heterocycles.